The Kier molecular flexibility index (Phi) is 6.03. The Balaban J connectivity index is 1.38. The Labute approximate surface area is 207 Å². The van der Waals surface area contributed by atoms with E-state index >= 15 is 0 Å². The average molecular weight is 494 g/mol. The van der Waals surface area contributed by atoms with E-state index in [4.69, 9.17) is 5.26 Å². The van der Waals surface area contributed by atoms with E-state index < -0.39 is 15.9 Å². The first kappa shape index (κ1) is 23.0. The van der Waals surface area contributed by atoms with Gasteiger partial charge in [-0.05, 0) is 41.5 Å². The van der Waals surface area contributed by atoms with E-state index in [0.29, 0.717) is 28.0 Å². The predicted molar refractivity (Wildman–Crippen MR) is 132 cm³/mol. The van der Waals surface area contributed by atoms with Crippen LogP contribution < -0.4 is 0 Å². The Morgan fingerprint density at radius 2 is 1.86 bits per heavy atom. The molecule has 0 aliphatic carbocycles. The van der Waals surface area contributed by atoms with Crippen LogP contribution in [0.2, 0.25) is 0 Å². The van der Waals surface area contributed by atoms with Gasteiger partial charge in [-0.15, -0.1) is 0 Å². The predicted octanol–water partition coefficient (Wildman–Crippen LogP) is 3.97. The molecule has 5 rings (SSSR count). The largest absolute Gasteiger partial charge is 0.346 e. The van der Waals surface area contributed by atoms with Crippen molar-refractivity contribution >= 4 is 20.9 Å². The molecule has 3 heterocycles. The molecular weight excluding hydrogens is 474 g/mol. The first-order valence-electron chi connectivity index (χ1n) is 11.0. The summed E-state index contributed by atoms with van der Waals surface area (Å²) in [5.74, 6) is -0.220. The van der Waals surface area contributed by atoms with Crippen LogP contribution in [-0.4, -0.2) is 33.2 Å². The third-order valence-corrected chi connectivity index (χ3v) is 7.48. The maximum Gasteiger partial charge on any atom is 0.182 e. The second-order valence-corrected chi connectivity index (χ2v) is 10.2. The molecule has 3 aromatic heterocycles. The van der Waals surface area contributed by atoms with Crippen LogP contribution in [0.1, 0.15) is 22.7 Å². The van der Waals surface area contributed by atoms with Crippen LogP contribution in [0.5, 0.6) is 0 Å². The number of aromatic nitrogens is 5. The molecule has 36 heavy (non-hydrogen) atoms. The highest BCUT2D eigenvalue weighted by molar-refractivity contribution is 7.90. The van der Waals surface area contributed by atoms with Gasteiger partial charge in [0.15, 0.2) is 9.84 Å². The lowest BCUT2D eigenvalue weighted by Gasteiger charge is -2.11. The van der Waals surface area contributed by atoms with Gasteiger partial charge >= 0.3 is 0 Å². The first-order chi connectivity index (χ1) is 17.5. The topological polar surface area (TPSA) is 141 Å². The van der Waals surface area contributed by atoms with Crippen molar-refractivity contribution in [2.45, 2.75) is 23.1 Å². The van der Waals surface area contributed by atoms with E-state index in [1.54, 1.807) is 65.7 Å². The van der Waals surface area contributed by atoms with Crippen molar-refractivity contribution in [2.24, 2.45) is 0 Å². The maximum atomic E-state index is 13.0. The average Bonchev–Trinajstić information content (AvgIpc) is 3.57. The highest BCUT2D eigenvalue weighted by Crippen LogP contribution is 2.26. The molecule has 0 spiro atoms. The van der Waals surface area contributed by atoms with Gasteiger partial charge in [0.05, 0.1) is 40.2 Å². The summed E-state index contributed by atoms with van der Waals surface area (Å²) in [7, 11) is -3.65. The van der Waals surface area contributed by atoms with Crippen molar-refractivity contribution in [3.05, 3.63) is 96.2 Å². The number of nitriles is 2. The fraction of sp³-hybridized carbons (Fsp3) is 0.115. The molecule has 10 heteroatoms. The van der Waals surface area contributed by atoms with Crippen LogP contribution in [0.3, 0.4) is 0 Å². The Morgan fingerprint density at radius 3 is 2.69 bits per heavy atom. The van der Waals surface area contributed by atoms with E-state index in [1.807, 2.05) is 12.1 Å². The van der Waals surface area contributed by atoms with Gasteiger partial charge in [-0.3, -0.25) is 4.68 Å². The van der Waals surface area contributed by atoms with Crippen molar-refractivity contribution in [1.82, 2.24) is 24.7 Å². The van der Waals surface area contributed by atoms with Crippen LogP contribution in [0.25, 0.3) is 22.3 Å². The molecule has 0 bridgehead atoms. The summed E-state index contributed by atoms with van der Waals surface area (Å²) in [5, 5.41) is 24.1. The monoisotopic (exact) mass is 493 g/mol. The lowest BCUT2D eigenvalue weighted by Crippen LogP contribution is -2.11. The van der Waals surface area contributed by atoms with Gasteiger partial charge in [0.2, 0.25) is 0 Å². The van der Waals surface area contributed by atoms with Crippen molar-refractivity contribution in [2.75, 3.05) is 0 Å². The van der Waals surface area contributed by atoms with Gasteiger partial charge in [0, 0.05) is 29.8 Å². The fourth-order valence-electron chi connectivity index (χ4n) is 4.05. The Morgan fingerprint density at radius 1 is 1.03 bits per heavy atom. The molecular formula is C26H19N7O2S. The molecule has 5 aromatic rings. The Hall–Kier alpha value is -4.80. The molecule has 0 fully saturated rings. The molecule has 1 N–H and O–H groups in total. The summed E-state index contributed by atoms with van der Waals surface area (Å²) in [4.78, 5) is 11.8. The zero-order valence-electron chi connectivity index (χ0n) is 18.9. The molecule has 1 atom stereocenters. The van der Waals surface area contributed by atoms with Crippen LogP contribution in [0.15, 0.2) is 84.4 Å². The highest BCUT2D eigenvalue weighted by Gasteiger charge is 2.19. The van der Waals surface area contributed by atoms with Crippen LogP contribution in [0.4, 0.5) is 0 Å². The molecule has 0 aliphatic heterocycles. The van der Waals surface area contributed by atoms with E-state index in [0.717, 1.165) is 10.9 Å². The fourth-order valence-corrected chi connectivity index (χ4v) is 5.46. The number of benzene rings is 2. The van der Waals surface area contributed by atoms with Gasteiger partial charge in [-0.1, -0.05) is 24.3 Å². The summed E-state index contributed by atoms with van der Waals surface area (Å²) in [6, 6.07) is 18.6. The van der Waals surface area contributed by atoms with Crippen LogP contribution in [0, 0.1) is 22.7 Å². The molecule has 1 unspecified atom stereocenters. The number of hydrogen-bond donors (Lipinski definition) is 1. The number of hydrogen-bond acceptors (Lipinski definition) is 7. The number of H-pyrrole nitrogens is 1. The molecule has 176 valence electrons. The summed E-state index contributed by atoms with van der Waals surface area (Å²) in [5.41, 5.74) is 3.81. The quantitative estimate of drug-likeness (QED) is 0.361. The van der Waals surface area contributed by atoms with E-state index in [1.165, 1.54) is 12.4 Å². The third-order valence-electron chi connectivity index (χ3n) is 5.80. The number of nitrogens with one attached hydrogen (secondary N) is 1. The van der Waals surface area contributed by atoms with Gasteiger partial charge < -0.3 is 4.98 Å². The standard InChI is InChI=1S/C26H19N7O2S/c27-12-19-4-1-5-20(9-19)16-36(34,35)23-6-2-3-18(11-23)10-22(13-28)33-15-21(14-32-33)25-24-7-8-29-26(24)31-17-30-25/h1-9,11,14-15,17,22H,10,16H2,(H,29,30,31). The van der Waals surface area contributed by atoms with Crippen molar-refractivity contribution in [1.29, 1.82) is 10.5 Å². The lowest BCUT2D eigenvalue weighted by molar-refractivity contribution is 0.545. The third kappa shape index (κ3) is 4.58. The van der Waals surface area contributed by atoms with Crippen molar-refractivity contribution in [3.8, 4) is 23.4 Å². The first-order valence-corrected chi connectivity index (χ1v) is 12.6. The molecule has 0 aliphatic rings. The van der Waals surface area contributed by atoms with E-state index in [-0.39, 0.29) is 17.1 Å². The van der Waals surface area contributed by atoms with Gasteiger partial charge in [0.1, 0.15) is 18.0 Å². The van der Waals surface area contributed by atoms with Gasteiger partial charge in [-0.25, -0.2) is 18.4 Å². The summed E-state index contributed by atoms with van der Waals surface area (Å²) in [6.07, 6.45) is 6.93. The normalized spacial score (nSPS) is 12.2. The molecule has 9 nitrogen and oxygen atoms in total. The minimum absolute atomic E-state index is 0.163. The number of sulfone groups is 1. The summed E-state index contributed by atoms with van der Waals surface area (Å²) in [6.45, 7) is 0. The number of nitrogens with zero attached hydrogens (tertiary/aromatic N) is 6. The lowest BCUT2D eigenvalue weighted by atomic mass is 10.1. The number of aromatic amines is 1. The molecule has 0 saturated heterocycles. The molecule has 0 radical (unpaired) electrons. The highest BCUT2D eigenvalue weighted by atomic mass is 32.2. The van der Waals surface area contributed by atoms with Gasteiger partial charge in [0.25, 0.3) is 0 Å². The minimum Gasteiger partial charge on any atom is -0.346 e. The van der Waals surface area contributed by atoms with E-state index in [9.17, 15) is 13.7 Å². The summed E-state index contributed by atoms with van der Waals surface area (Å²) < 4.78 is 27.6. The SMILES string of the molecule is N#Cc1cccc(CS(=O)(=O)c2cccc(CC(C#N)n3cc(-c4ncnc5[nH]ccc45)cn3)c2)c1. The second kappa shape index (κ2) is 9.45. The molecule has 0 saturated carbocycles. The maximum absolute atomic E-state index is 13.0. The van der Waals surface area contributed by atoms with Crippen LogP contribution >= 0.6 is 0 Å². The van der Waals surface area contributed by atoms with Crippen molar-refractivity contribution in [3.63, 3.8) is 0 Å². The number of fused-ring (bicyclic) bond motifs is 1. The smallest absolute Gasteiger partial charge is 0.182 e. The zero-order valence-corrected chi connectivity index (χ0v) is 19.7. The van der Waals surface area contributed by atoms with E-state index in [2.05, 4.69) is 26.1 Å². The molecule has 2 aromatic carbocycles. The summed E-state index contributed by atoms with van der Waals surface area (Å²) >= 11 is 0. The van der Waals surface area contributed by atoms with Crippen LogP contribution in [-0.2, 0) is 22.0 Å². The minimum atomic E-state index is -3.65. The zero-order chi connectivity index (χ0) is 25.1. The Bertz CT molecular complexity index is 1760. The molecule has 0 amide bonds. The second-order valence-electron chi connectivity index (χ2n) is 8.24. The number of rotatable bonds is 7. The van der Waals surface area contributed by atoms with Crippen molar-refractivity contribution < 1.29 is 8.42 Å². The van der Waals surface area contributed by atoms with Gasteiger partial charge in [-0.2, -0.15) is 15.6 Å².